The van der Waals surface area contributed by atoms with Crippen molar-refractivity contribution in [2.24, 2.45) is 45.8 Å². The molecular formula is C31H54O. The molecule has 0 aliphatic heterocycles. The van der Waals surface area contributed by atoms with Crippen molar-refractivity contribution >= 4 is 0 Å². The average molecular weight is 443 g/mol. The Kier molecular flexibility index (Phi) is 7.02. The molecule has 3 fully saturated rings. The molecule has 0 aromatic rings. The van der Waals surface area contributed by atoms with Crippen molar-refractivity contribution in [3.8, 4) is 0 Å². The topological polar surface area (TPSA) is 20.2 Å². The summed E-state index contributed by atoms with van der Waals surface area (Å²) in [5.41, 5.74) is 4.90. The minimum atomic E-state index is -0.0822. The number of allylic oxidation sites excluding steroid dienone is 2. The number of hydrogen-bond acceptors (Lipinski definition) is 1. The highest BCUT2D eigenvalue weighted by Gasteiger charge is 2.61. The second-order valence-electron chi connectivity index (χ2n) is 13.6. The van der Waals surface area contributed by atoms with Gasteiger partial charge in [-0.25, -0.2) is 0 Å². The summed E-state index contributed by atoms with van der Waals surface area (Å²) in [6.45, 7) is 17.4. The molecule has 0 heterocycles. The monoisotopic (exact) mass is 442 g/mol. The van der Waals surface area contributed by atoms with Gasteiger partial charge in [-0.2, -0.15) is 0 Å². The van der Waals surface area contributed by atoms with E-state index in [0.717, 1.165) is 42.9 Å². The van der Waals surface area contributed by atoms with Crippen molar-refractivity contribution in [2.75, 3.05) is 0 Å². The Hall–Kier alpha value is -0.300. The lowest BCUT2D eigenvalue weighted by Gasteiger charge is -2.63. The van der Waals surface area contributed by atoms with Gasteiger partial charge in [-0.3, -0.25) is 0 Å². The number of hydrogen-bond donors (Lipinski definition) is 1. The summed E-state index contributed by atoms with van der Waals surface area (Å²) in [6.07, 6.45) is 17.1. The highest BCUT2D eigenvalue weighted by Crippen LogP contribution is 2.69. The van der Waals surface area contributed by atoms with Crippen molar-refractivity contribution in [1.29, 1.82) is 0 Å². The van der Waals surface area contributed by atoms with E-state index >= 15 is 0 Å². The van der Waals surface area contributed by atoms with Crippen LogP contribution >= 0.6 is 0 Å². The van der Waals surface area contributed by atoms with Gasteiger partial charge < -0.3 is 5.11 Å². The molecule has 32 heavy (non-hydrogen) atoms. The van der Waals surface area contributed by atoms with Gasteiger partial charge in [0.1, 0.15) is 0 Å². The van der Waals surface area contributed by atoms with Gasteiger partial charge in [0, 0.05) is 0 Å². The summed E-state index contributed by atoms with van der Waals surface area (Å²) >= 11 is 0. The molecule has 1 unspecified atom stereocenters. The van der Waals surface area contributed by atoms with Gasteiger partial charge in [0.15, 0.2) is 0 Å². The molecule has 4 aliphatic carbocycles. The van der Waals surface area contributed by atoms with Crippen LogP contribution in [0.1, 0.15) is 132 Å². The van der Waals surface area contributed by atoms with Crippen LogP contribution in [0.3, 0.4) is 0 Å². The van der Waals surface area contributed by atoms with E-state index in [4.69, 9.17) is 0 Å². The summed E-state index contributed by atoms with van der Waals surface area (Å²) in [4.78, 5) is 0. The number of fused-ring (bicyclic) bond motifs is 4. The third-order valence-corrected chi connectivity index (χ3v) is 12.0. The molecule has 0 radical (unpaired) electrons. The van der Waals surface area contributed by atoms with Gasteiger partial charge in [-0.15, -0.1) is 0 Å². The first-order valence-corrected chi connectivity index (χ1v) is 14.5. The van der Waals surface area contributed by atoms with Gasteiger partial charge in [0.05, 0.1) is 6.10 Å². The molecule has 0 spiro atoms. The third-order valence-electron chi connectivity index (χ3n) is 12.0. The first-order chi connectivity index (χ1) is 15.1. The zero-order chi connectivity index (χ0) is 23.3. The fraction of sp³-hybridized carbons (Fsp3) is 0.935. The summed E-state index contributed by atoms with van der Waals surface area (Å²) in [5.74, 6) is 4.13. The van der Waals surface area contributed by atoms with Crippen LogP contribution in [0, 0.1) is 45.8 Å². The van der Waals surface area contributed by atoms with Gasteiger partial charge in [-0.1, -0.05) is 78.9 Å². The molecule has 7 atom stereocenters. The summed E-state index contributed by atoms with van der Waals surface area (Å²) in [6, 6.07) is 0. The van der Waals surface area contributed by atoms with E-state index in [-0.39, 0.29) is 11.5 Å². The summed E-state index contributed by atoms with van der Waals surface area (Å²) in [7, 11) is 0. The largest absolute Gasteiger partial charge is 0.393 e. The second-order valence-corrected chi connectivity index (χ2v) is 13.6. The molecule has 0 aromatic heterocycles. The zero-order valence-electron chi connectivity index (χ0n) is 22.6. The first-order valence-electron chi connectivity index (χ1n) is 14.5. The number of aliphatic hydroxyl groups is 1. The second kappa shape index (κ2) is 9.05. The SMILES string of the molecule is CCC1(CC)C2CCC3=C4CC[C@H]([C@H](C)CCCC(C)C)[C@@]4(C)CC[C@@H]3[C@@]2(C)CC[C@@H]1O. The minimum Gasteiger partial charge on any atom is -0.393 e. The fourth-order valence-corrected chi connectivity index (χ4v) is 10.2. The van der Waals surface area contributed by atoms with Gasteiger partial charge in [0.25, 0.3) is 0 Å². The maximum atomic E-state index is 11.1. The zero-order valence-corrected chi connectivity index (χ0v) is 22.6. The minimum absolute atomic E-state index is 0.0822. The van der Waals surface area contributed by atoms with Crippen molar-refractivity contribution < 1.29 is 5.11 Å². The average Bonchev–Trinajstić information content (AvgIpc) is 3.11. The molecule has 4 aliphatic rings. The Morgan fingerprint density at radius 2 is 1.62 bits per heavy atom. The summed E-state index contributed by atoms with van der Waals surface area (Å²) < 4.78 is 0. The molecule has 0 saturated heterocycles. The predicted molar refractivity (Wildman–Crippen MR) is 138 cm³/mol. The van der Waals surface area contributed by atoms with E-state index < -0.39 is 0 Å². The number of rotatable bonds is 7. The van der Waals surface area contributed by atoms with Crippen LogP contribution < -0.4 is 0 Å². The van der Waals surface area contributed by atoms with E-state index in [1.165, 1.54) is 64.2 Å². The Morgan fingerprint density at radius 1 is 0.906 bits per heavy atom. The van der Waals surface area contributed by atoms with E-state index in [1.54, 1.807) is 0 Å². The molecule has 0 bridgehead atoms. The Labute approximate surface area is 200 Å². The molecule has 4 rings (SSSR count). The van der Waals surface area contributed by atoms with Crippen LogP contribution in [0.25, 0.3) is 0 Å². The van der Waals surface area contributed by atoms with Crippen molar-refractivity contribution in [2.45, 2.75) is 138 Å². The summed E-state index contributed by atoms with van der Waals surface area (Å²) in [5, 5.41) is 11.1. The third kappa shape index (κ3) is 3.67. The molecule has 3 saturated carbocycles. The van der Waals surface area contributed by atoms with E-state index in [1.807, 2.05) is 11.1 Å². The van der Waals surface area contributed by atoms with Crippen molar-refractivity contribution in [1.82, 2.24) is 0 Å². The Balaban J connectivity index is 1.60. The molecule has 0 aromatic carbocycles. The first kappa shape index (κ1) is 24.8. The highest BCUT2D eigenvalue weighted by atomic mass is 16.3. The normalized spacial score (nSPS) is 41.9. The molecule has 184 valence electrons. The molecule has 1 heteroatoms. The van der Waals surface area contributed by atoms with Gasteiger partial charge in [0.2, 0.25) is 0 Å². The molecule has 0 amide bonds. The molecule has 1 N–H and O–H groups in total. The van der Waals surface area contributed by atoms with Crippen LogP contribution in [0.15, 0.2) is 11.1 Å². The highest BCUT2D eigenvalue weighted by molar-refractivity contribution is 5.35. The Bertz CT molecular complexity index is 699. The predicted octanol–water partition coefficient (Wildman–Crippen LogP) is 8.95. The fourth-order valence-electron chi connectivity index (χ4n) is 10.2. The Morgan fingerprint density at radius 3 is 2.28 bits per heavy atom. The van der Waals surface area contributed by atoms with Crippen LogP contribution in [0.5, 0.6) is 0 Å². The van der Waals surface area contributed by atoms with Crippen LogP contribution in [0.2, 0.25) is 0 Å². The van der Waals surface area contributed by atoms with Crippen LogP contribution in [0.4, 0.5) is 0 Å². The van der Waals surface area contributed by atoms with Crippen molar-refractivity contribution in [3.63, 3.8) is 0 Å². The standard InChI is InChI=1S/C31H54O/c1-8-31(9-2)27-16-13-23-25-15-14-24(22(5)12-10-11-21(3)4)29(25,6)19-17-26(23)30(27,7)20-18-28(31)32/h21-22,24,26-28,32H,8-20H2,1-7H3/t22-,24-,26+,27?,28+,29-,30-/m1/s1. The van der Waals surface area contributed by atoms with Gasteiger partial charge >= 0.3 is 0 Å². The lowest BCUT2D eigenvalue weighted by molar-refractivity contribution is -0.149. The maximum absolute atomic E-state index is 11.1. The van der Waals surface area contributed by atoms with Crippen LogP contribution in [-0.2, 0) is 0 Å². The lowest BCUT2D eigenvalue weighted by Crippen LogP contribution is -2.57. The van der Waals surface area contributed by atoms with Gasteiger partial charge in [-0.05, 0) is 110 Å². The lowest BCUT2D eigenvalue weighted by atomic mass is 9.42. The maximum Gasteiger partial charge on any atom is 0.0599 e. The quantitative estimate of drug-likeness (QED) is 0.390. The van der Waals surface area contributed by atoms with E-state index in [2.05, 4.69) is 48.5 Å². The van der Waals surface area contributed by atoms with Crippen LogP contribution in [-0.4, -0.2) is 11.2 Å². The van der Waals surface area contributed by atoms with E-state index in [0.29, 0.717) is 16.7 Å². The molecule has 1 nitrogen and oxygen atoms in total. The van der Waals surface area contributed by atoms with E-state index in [9.17, 15) is 5.11 Å². The molecular weight excluding hydrogens is 388 g/mol. The number of aliphatic hydroxyl groups excluding tert-OH is 1. The smallest absolute Gasteiger partial charge is 0.0599 e. The van der Waals surface area contributed by atoms with Crippen molar-refractivity contribution in [3.05, 3.63) is 11.1 Å².